The molecule has 0 N–H and O–H groups in total. The van der Waals surface area contributed by atoms with Crippen molar-refractivity contribution in [3.05, 3.63) is 66.0 Å². The molecule has 120 valence electrons. The van der Waals surface area contributed by atoms with E-state index in [4.69, 9.17) is 16.6 Å². The number of hydrogen-bond donors (Lipinski definition) is 0. The van der Waals surface area contributed by atoms with Crippen molar-refractivity contribution in [2.45, 2.75) is 38.6 Å². The monoisotopic (exact) mass is 326 g/mol. The predicted octanol–water partition coefficient (Wildman–Crippen LogP) is 5.43. The first-order valence-corrected chi connectivity index (χ1v) is 8.96. The smallest absolute Gasteiger partial charge is 0.114 e. The molecule has 23 heavy (non-hydrogen) atoms. The van der Waals surface area contributed by atoms with Crippen LogP contribution in [-0.4, -0.2) is 15.4 Å². The molecule has 0 fully saturated rings. The molecule has 0 aliphatic rings. The van der Waals surface area contributed by atoms with Crippen LogP contribution in [-0.2, 0) is 13.0 Å². The molecule has 2 nitrogen and oxygen atoms in total. The molecule has 3 rings (SSSR count). The van der Waals surface area contributed by atoms with E-state index in [1.165, 1.54) is 30.3 Å². The van der Waals surface area contributed by atoms with Crippen molar-refractivity contribution in [2.24, 2.45) is 0 Å². The van der Waals surface area contributed by atoms with Crippen LogP contribution >= 0.6 is 11.6 Å². The van der Waals surface area contributed by atoms with Gasteiger partial charge in [0.1, 0.15) is 5.82 Å². The summed E-state index contributed by atoms with van der Waals surface area (Å²) in [6.07, 6.45) is 5.62. The van der Waals surface area contributed by atoms with E-state index < -0.39 is 0 Å². The summed E-state index contributed by atoms with van der Waals surface area (Å²) in [6.45, 7) is 1.03. The van der Waals surface area contributed by atoms with Crippen molar-refractivity contribution in [3.63, 3.8) is 0 Å². The van der Waals surface area contributed by atoms with Gasteiger partial charge in [-0.1, -0.05) is 55.3 Å². The third kappa shape index (κ3) is 4.14. The number of unbranched alkanes of at least 4 members (excludes halogenated alkanes) is 3. The normalized spacial score (nSPS) is 11.2. The fraction of sp³-hybridized carbons (Fsp3) is 0.350. The Morgan fingerprint density at radius 3 is 2.39 bits per heavy atom. The first-order chi connectivity index (χ1) is 11.4. The molecule has 3 heteroatoms. The standard InChI is InChI=1S/C20H23ClN2/c21-14-8-1-2-9-15-23-19-13-7-6-12-18(19)22-20(23)16-17-10-4-3-5-11-17/h3-7,10-13H,1-2,8-9,14-16H2. The number of aromatic nitrogens is 2. The zero-order chi connectivity index (χ0) is 15.9. The van der Waals surface area contributed by atoms with Gasteiger partial charge in [0.2, 0.25) is 0 Å². The molecule has 1 aromatic heterocycles. The van der Waals surface area contributed by atoms with Crippen LogP contribution in [0.25, 0.3) is 11.0 Å². The number of rotatable bonds is 8. The predicted molar refractivity (Wildman–Crippen MR) is 98.2 cm³/mol. The molecule has 0 radical (unpaired) electrons. The Bertz CT molecular complexity index is 734. The second-order valence-corrected chi connectivity index (χ2v) is 6.31. The summed E-state index contributed by atoms with van der Waals surface area (Å²) in [7, 11) is 0. The lowest BCUT2D eigenvalue weighted by Gasteiger charge is -2.09. The lowest BCUT2D eigenvalue weighted by atomic mass is 10.1. The summed E-state index contributed by atoms with van der Waals surface area (Å²) in [5.74, 6) is 1.93. The molecule has 0 spiro atoms. The van der Waals surface area contributed by atoms with Gasteiger partial charge < -0.3 is 4.57 Å². The Morgan fingerprint density at radius 2 is 1.57 bits per heavy atom. The van der Waals surface area contributed by atoms with Gasteiger partial charge in [-0.3, -0.25) is 0 Å². The van der Waals surface area contributed by atoms with E-state index in [2.05, 4.69) is 59.2 Å². The molecular weight excluding hydrogens is 304 g/mol. The SMILES string of the molecule is ClCCCCCCn1c(Cc2ccccc2)nc2ccccc21. The highest BCUT2D eigenvalue weighted by molar-refractivity contribution is 6.17. The molecule has 0 saturated heterocycles. The third-order valence-corrected chi connectivity index (χ3v) is 4.47. The summed E-state index contributed by atoms with van der Waals surface area (Å²) < 4.78 is 2.39. The lowest BCUT2D eigenvalue weighted by molar-refractivity contribution is 0.579. The fourth-order valence-corrected chi connectivity index (χ4v) is 3.20. The van der Waals surface area contributed by atoms with Crippen molar-refractivity contribution >= 4 is 22.6 Å². The summed E-state index contributed by atoms with van der Waals surface area (Å²) in [6, 6.07) is 19.0. The number of para-hydroxylation sites is 2. The van der Waals surface area contributed by atoms with Gasteiger partial charge >= 0.3 is 0 Å². The Kier molecular flexibility index (Phi) is 5.71. The van der Waals surface area contributed by atoms with E-state index in [0.29, 0.717) is 0 Å². The molecule has 0 bridgehead atoms. The molecule has 1 heterocycles. The van der Waals surface area contributed by atoms with Crippen molar-refractivity contribution in [2.75, 3.05) is 5.88 Å². The zero-order valence-electron chi connectivity index (χ0n) is 13.4. The van der Waals surface area contributed by atoms with Crippen molar-refractivity contribution in [1.29, 1.82) is 0 Å². The Hall–Kier alpha value is -1.80. The Balaban J connectivity index is 1.80. The van der Waals surface area contributed by atoms with Crippen LogP contribution in [0.4, 0.5) is 0 Å². The number of benzene rings is 2. The van der Waals surface area contributed by atoms with Gasteiger partial charge in [-0.15, -0.1) is 11.6 Å². The van der Waals surface area contributed by atoms with Crippen molar-refractivity contribution in [3.8, 4) is 0 Å². The third-order valence-electron chi connectivity index (χ3n) is 4.20. The van der Waals surface area contributed by atoms with Crippen LogP contribution < -0.4 is 0 Å². The van der Waals surface area contributed by atoms with Crippen molar-refractivity contribution < 1.29 is 0 Å². The highest BCUT2D eigenvalue weighted by atomic mass is 35.5. The van der Waals surface area contributed by atoms with Crippen LogP contribution in [0.2, 0.25) is 0 Å². The van der Waals surface area contributed by atoms with Gasteiger partial charge in [-0.2, -0.15) is 0 Å². The van der Waals surface area contributed by atoms with Crippen molar-refractivity contribution in [1.82, 2.24) is 9.55 Å². The highest BCUT2D eigenvalue weighted by Crippen LogP contribution is 2.19. The van der Waals surface area contributed by atoms with Crippen LogP contribution in [0, 0.1) is 0 Å². The number of nitrogens with zero attached hydrogens (tertiary/aromatic N) is 2. The quantitative estimate of drug-likeness (QED) is 0.399. The Morgan fingerprint density at radius 1 is 0.826 bits per heavy atom. The number of alkyl halides is 1. The number of halogens is 1. The van der Waals surface area contributed by atoms with Gasteiger partial charge in [0.25, 0.3) is 0 Å². The largest absolute Gasteiger partial charge is 0.328 e. The Labute approximate surface area is 143 Å². The maximum Gasteiger partial charge on any atom is 0.114 e. The summed E-state index contributed by atoms with van der Waals surface area (Å²) >= 11 is 5.76. The van der Waals surface area contributed by atoms with E-state index >= 15 is 0 Å². The molecule has 0 amide bonds. The molecule has 0 aliphatic heterocycles. The van der Waals surface area contributed by atoms with E-state index in [1.54, 1.807) is 0 Å². The van der Waals surface area contributed by atoms with Crippen LogP contribution in [0.3, 0.4) is 0 Å². The fourth-order valence-electron chi connectivity index (χ4n) is 3.01. The first kappa shape index (κ1) is 16.1. The van der Waals surface area contributed by atoms with Gasteiger partial charge in [0.05, 0.1) is 11.0 Å². The van der Waals surface area contributed by atoms with Gasteiger partial charge in [-0.05, 0) is 30.5 Å². The number of imidazole rings is 1. The second-order valence-electron chi connectivity index (χ2n) is 5.93. The number of aryl methyl sites for hydroxylation is 1. The number of hydrogen-bond acceptors (Lipinski definition) is 1. The minimum Gasteiger partial charge on any atom is -0.328 e. The maximum absolute atomic E-state index is 5.76. The van der Waals surface area contributed by atoms with E-state index in [1.807, 2.05) is 0 Å². The van der Waals surface area contributed by atoms with Crippen LogP contribution in [0.5, 0.6) is 0 Å². The molecule has 2 aromatic carbocycles. The lowest BCUT2D eigenvalue weighted by Crippen LogP contribution is -2.05. The number of fused-ring (bicyclic) bond motifs is 1. The topological polar surface area (TPSA) is 17.8 Å². The van der Waals surface area contributed by atoms with E-state index in [-0.39, 0.29) is 0 Å². The van der Waals surface area contributed by atoms with Gasteiger partial charge in [-0.25, -0.2) is 4.98 Å². The molecule has 3 aromatic rings. The molecule has 0 unspecified atom stereocenters. The minimum atomic E-state index is 0.771. The summed E-state index contributed by atoms with van der Waals surface area (Å²) in [4.78, 5) is 4.86. The molecule has 0 saturated carbocycles. The van der Waals surface area contributed by atoms with Crippen LogP contribution in [0.1, 0.15) is 37.1 Å². The van der Waals surface area contributed by atoms with Gasteiger partial charge in [0.15, 0.2) is 0 Å². The van der Waals surface area contributed by atoms with Gasteiger partial charge in [0, 0.05) is 18.8 Å². The highest BCUT2D eigenvalue weighted by Gasteiger charge is 2.10. The average Bonchev–Trinajstić information content (AvgIpc) is 2.93. The molecule has 0 atom stereocenters. The van der Waals surface area contributed by atoms with E-state index in [9.17, 15) is 0 Å². The molecule has 0 aliphatic carbocycles. The molecular formula is C20H23ClN2. The average molecular weight is 327 g/mol. The maximum atomic E-state index is 5.76. The minimum absolute atomic E-state index is 0.771. The summed E-state index contributed by atoms with van der Waals surface area (Å²) in [5, 5.41) is 0. The van der Waals surface area contributed by atoms with E-state index in [0.717, 1.165) is 36.6 Å². The second kappa shape index (κ2) is 8.16. The summed E-state index contributed by atoms with van der Waals surface area (Å²) in [5.41, 5.74) is 3.65. The van der Waals surface area contributed by atoms with Crippen LogP contribution in [0.15, 0.2) is 54.6 Å². The first-order valence-electron chi connectivity index (χ1n) is 8.42. The zero-order valence-corrected chi connectivity index (χ0v) is 14.2.